The van der Waals surface area contributed by atoms with Gasteiger partial charge in [0.2, 0.25) is 5.91 Å². The fourth-order valence-corrected chi connectivity index (χ4v) is 2.22. The molecule has 1 aromatic carbocycles. The van der Waals surface area contributed by atoms with E-state index in [0.717, 1.165) is 6.42 Å². The second-order valence-corrected chi connectivity index (χ2v) is 4.67. The van der Waals surface area contributed by atoms with Crippen LogP contribution in [0.2, 0.25) is 5.02 Å². The molecule has 2 atom stereocenters. The van der Waals surface area contributed by atoms with Crippen molar-refractivity contribution in [2.45, 2.75) is 19.4 Å². The second kappa shape index (κ2) is 5.38. The summed E-state index contributed by atoms with van der Waals surface area (Å²) in [5, 5.41) is 11.9. The lowest BCUT2D eigenvalue weighted by Crippen LogP contribution is -2.27. The van der Waals surface area contributed by atoms with Crippen molar-refractivity contribution < 1.29 is 9.53 Å². The van der Waals surface area contributed by atoms with Gasteiger partial charge in [0, 0.05) is 6.61 Å². The molecule has 0 aliphatic carbocycles. The molecule has 18 heavy (non-hydrogen) atoms. The molecule has 2 unspecified atom stereocenters. The predicted molar refractivity (Wildman–Crippen MR) is 68.3 cm³/mol. The van der Waals surface area contributed by atoms with Crippen LogP contribution in [0.15, 0.2) is 18.2 Å². The van der Waals surface area contributed by atoms with Gasteiger partial charge in [0.1, 0.15) is 0 Å². The normalized spacial score (nSPS) is 22.5. The zero-order valence-corrected chi connectivity index (χ0v) is 10.7. The van der Waals surface area contributed by atoms with Crippen LogP contribution in [0.5, 0.6) is 0 Å². The molecule has 1 fully saturated rings. The number of amides is 1. The molecule has 2 rings (SSSR count). The van der Waals surface area contributed by atoms with E-state index in [1.165, 1.54) is 6.07 Å². The van der Waals surface area contributed by atoms with E-state index in [0.29, 0.717) is 22.9 Å². The summed E-state index contributed by atoms with van der Waals surface area (Å²) in [6.45, 7) is 2.50. The molecule has 1 heterocycles. The Bertz CT molecular complexity index is 510. The van der Waals surface area contributed by atoms with E-state index in [1.807, 2.05) is 13.0 Å². The number of carbonyl (C=O) groups excluding carboxylic acids is 1. The van der Waals surface area contributed by atoms with Crippen LogP contribution in [-0.4, -0.2) is 18.6 Å². The Hall–Kier alpha value is -1.57. The van der Waals surface area contributed by atoms with E-state index in [1.54, 1.807) is 12.1 Å². The number of anilines is 1. The van der Waals surface area contributed by atoms with Crippen molar-refractivity contribution >= 4 is 23.2 Å². The SMILES string of the molecule is CC1OCCC1C(=O)Nc1ccc(C#N)cc1Cl. The number of nitrogens with zero attached hydrogens (tertiary/aromatic N) is 1. The first-order valence-corrected chi connectivity index (χ1v) is 6.11. The molecule has 4 nitrogen and oxygen atoms in total. The molecule has 1 aliphatic rings. The van der Waals surface area contributed by atoms with Gasteiger partial charge in [-0.15, -0.1) is 0 Å². The van der Waals surface area contributed by atoms with Gasteiger partial charge in [-0.05, 0) is 31.5 Å². The molecule has 1 amide bonds. The minimum Gasteiger partial charge on any atom is -0.378 e. The zero-order chi connectivity index (χ0) is 13.1. The van der Waals surface area contributed by atoms with Crippen LogP contribution in [-0.2, 0) is 9.53 Å². The molecule has 94 valence electrons. The van der Waals surface area contributed by atoms with Gasteiger partial charge in [0.05, 0.1) is 34.4 Å². The first-order chi connectivity index (χ1) is 8.61. The number of nitrogens with one attached hydrogen (secondary N) is 1. The van der Waals surface area contributed by atoms with Crippen molar-refractivity contribution in [2.75, 3.05) is 11.9 Å². The number of hydrogen-bond donors (Lipinski definition) is 1. The zero-order valence-electron chi connectivity index (χ0n) is 9.94. The van der Waals surface area contributed by atoms with Gasteiger partial charge in [-0.25, -0.2) is 0 Å². The summed E-state index contributed by atoms with van der Waals surface area (Å²) in [5.41, 5.74) is 0.996. The average molecular weight is 265 g/mol. The highest BCUT2D eigenvalue weighted by Gasteiger charge is 2.30. The Morgan fingerprint density at radius 3 is 2.94 bits per heavy atom. The number of benzene rings is 1. The van der Waals surface area contributed by atoms with Crippen molar-refractivity contribution in [1.29, 1.82) is 5.26 Å². The first kappa shape index (κ1) is 12.9. The van der Waals surface area contributed by atoms with Gasteiger partial charge < -0.3 is 10.1 Å². The highest BCUT2D eigenvalue weighted by atomic mass is 35.5. The lowest BCUT2D eigenvalue weighted by Gasteiger charge is -2.14. The molecule has 1 saturated heterocycles. The maximum atomic E-state index is 12.0. The van der Waals surface area contributed by atoms with Gasteiger partial charge in [-0.2, -0.15) is 5.26 Å². The molecule has 0 radical (unpaired) electrons. The molecule has 0 spiro atoms. The Kier molecular flexibility index (Phi) is 3.85. The molecule has 1 aliphatic heterocycles. The number of rotatable bonds is 2. The highest BCUT2D eigenvalue weighted by molar-refractivity contribution is 6.33. The predicted octanol–water partition coefficient (Wildman–Crippen LogP) is 2.58. The van der Waals surface area contributed by atoms with E-state index in [2.05, 4.69) is 5.32 Å². The standard InChI is InChI=1S/C13H13ClN2O2/c1-8-10(4-5-18-8)13(17)16-12-3-2-9(7-15)6-11(12)14/h2-3,6,8,10H,4-5H2,1H3,(H,16,17). The molecular weight excluding hydrogens is 252 g/mol. The van der Waals surface area contributed by atoms with Crippen LogP contribution < -0.4 is 5.32 Å². The molecule has 5 heteroatoms. The number of halogens is 1. The van der Waals surface area contributed by atoms with Gasteiger partial charge in [0.15, 0.2) is 0 Å². The van der Waals surface area contributed by atoms with Crippen LogP contribution >= 0.6 is 11.6 Å². The summed E-state index contributed by atoms with van der Waals surface area (Å²) >= 11 is 6.00. The quantitative estimate of drug-likeness (QED) is 0.893. The van der Waals surface area contributed by atoms with Crippen LogP contribution in [0.1, 0.15) is 18.9 Å². The molecular formula is C13H13ClN2O2. The summed E-state index contributed by atoms with van der Waals surface area (Å²) in [6.07, 6.45) is 0.656. The molecule has 0 aromatic heterocycles. The summed E-state index contributed by atoms with van der Waals surface area (Å²) in [7, 11) is 0. The van der Waals surface area contributed by atoms with Crippen LogP contribution in [0.4, 0.5) is 5.69 Å². The van der Waals surface area contributed by atoms with Crippen molar-refractivity contribution in [3.63, 3.8) is 0 Å². The Morgan fingerprint density at radius 1 is 1.61 bits per heavy atom. The van der Waals surface area contributed by atoms with Gasteiger partial charge in [-0.1, -0.05) is 11.6 Å². The van der Waals surface area contributed by atoms with E-state index >= 15 is 0 Å². The molecule has 1 aromatic rings. The van der Waals surface area contributed by atoms with E-state index in [-0.39, 0.29) is 17.9 Å². The fraction of sp³-hybridized carbons (Fsp3) is 0.385. The highest BCUT2D eigenvalue weighted by Crippen LogP contribution is 2.26. The largest absolute Gasteiger partial charge is 0.378 e. The minimum atomic E-state index is -0.142. The summed E-state index contributed by atoms with van der Waals surface area (Å²) in [4.78, 5) is 12.0. The van der Waals surface area contributed by atoms with E-state index < -0.39 is 0 Å². The van der Waals surface area contributed by atoms with Crippen LogP contribution in [0.3, 0.4) is 0 Å². The maximum absolute atomic E-state index is 12.0. The van der Waals surface area contributed by atoms with Gasteiger partial charge in [0.25, 0.3) is 0 Å². The van der Waals surface area contributed by atoms with Crippen LogP contribution in [0.25, 0.3) is 0 Å². The van der Waals surface area contributed by atoms with Crippen molar-refractivity contribution in [3.05, 3.63) is 28.8 Å². The minimum absolute atomic E-state index is 0.0674. The second-order valence-electron chi connectivity index (χ2n) is 4.27. The molecule has 0 saturated carbocycles. The lowest BCUT2D eigenvalue weighted by atomic mass is 10.0. The third-order valence-corrected chi connectivity index (χ3v) is 3.38. The monoisotopic (exact) mass is 264 g/mol. The third kappa shape index (κ3) is 2.63. The average Bonchev–Trinajstić information content (AvgIpc) is 2.78. The van der Waals surface area contributed by atoms with Gasteiger partial charge in [-0.3, -0.25) is 4.79 Å². The summed E-state index contributed by atoms with van der Waals surface area (Å²) in [5.74, 6) is -0.233. The number of nitriles is 1. The summed E-state index contributed by atoms with van der Waals surface area (Å²) in [6, 6.07) is 6.79. The fourth-order valence-electron chi connectivity index (χ4n) is 1.99. The van der Waals surface area contributed by atoms with Crippen molar-refractivity contribution in [3.8, 4) is 6.07 Å². The molecule has 0 bridgehead atoms. The Labute approximate surface area is 111 Å². The van der Waals surface area contributed by atoms with E-state index in [9.17, 15) is 4.79 Å². The lowest BCUT2D eigenvalue weighted by molar-refractivity contribution is -0.121. The Balaban J connectivity index is 2.10. The van der Waals surface area contributed by atoms with Crippen molar-refractivity contribution in [2.24, 2.45) is 5.92 Å². The number of hydrogen-bond acceptors (Lipinski definition) is 3. The van der Waals surface area contributed by atoms with Gasteiger partial charge >= 0.3 is 0 Å². The third-order valence-electron chi connectivity index (χ3n) is 3.07. The van der Waals surface area contributed by atoms with E-state index in [4.69, 9.17) is 21.6 Å². The summed E-state index contributed by atoms with van der Waals surface area (Å²) < 4.78 is 5.35. The smallest absolute Gasteiger partial charge is 0.230 e. The van der Waals surface area contributed by atoms with Crippen molar-refractivity contribution in [1.82, 2.24) is 0 Å². The number of ether oxygens (including phenoxy) is 1. The van der Waals surface area contributed by atoms with Crippen LogP contribution in [0, 0.1) is 17.2 Å². The number of carbonyl (C=O) groups is 1. The molecule has 1 N–H and O–H groups in total. The Morgan fingerprint density at radius 2 is 2.39 bits per heavy atom. The topological polar surface area (TPSA) is 62.1 Å². The maximum Gasteiger partial charge on any atom is 0.230 e. The first-order valence-electron chi connectivity index (χ1n) is 5.74.